The fourth-order valence-corrected chi connectivity index (χ4v) is 1.68. The zero-order chi connectivity index (χ0) is 15.1. The van der Waals surface area contributed by atoms with E-state index >= 15 is 0 Å². The van der Waals surface area contributed by atoms with Crippen LogP contribution in [0.5, 0.6) is 5.75 Å². The quantitative estimate of drug-likeness (QED) is 0.776. The predicted octanol–water partition coefficient (Wildman–Crippen LogP) is 2.09. The molecule has 0 heterocycles. The minimum absolute atomic E-state index is 0.187. The van der Waals surface area contributed by atoms with E-state index in [1.165, 1.54) is 18.9 Å². The molecule has 0 bridgehead atoms. The number of nitrogens with zero attached hydrogens (tertiary/aromatic N) is 1. The highest BCUT2D eigenvalue weighted by Crippen LogP contribution is 2.16. The lowest BCUT2D eigenvalue weighted by Crippen LogP contribution is -2.40. The van der Waals surface area contributed by atoms with E-state index < -0.39 is 12.0 Å². The van der Waals surface area contributed by atoms with Gasteiger partial charge in [-0.15, -0.1) is 0 Å². The number of para-hydroxylation sites is 1. The third kappa shape index (κ3) is 4.57. The Morgan fingerprint density at radius 3 is 2.60 bits per heavy atom. The number of carboxylic acids is 1. The highest BCUT2D eigenvalue weighted by molar-refractivity contribution is 5.83. The first kappa shape index (κ1) is 16.0. The van der Waals surface area contributed by atoms with Crippen molar-refractivity contribution in [3.63, 3.8) is 0 Å². The second-order valence-electron chi connectivity index (χ2n) is 4.74. The highest BCUT2D eigenvalue weighted by Gasteiger charge is 2.20. The number of aliphatic carboxylic acids is 1. The number of hydrogen-bond donors (Lipinski definition) is 1. The SMILES string of the molecule is Cc1ccccc1OCCCC(=O)N(C)C(C)C(=O)O. The zero-order valence-corrected chi connectivity index (χ0v) is 12.1. The number of aryl methyl sites for hydroxylation is 1. The van der Waals surface area contributed by atoms with E-state index in [4.69, 9.17) is 9.84 Å². The summed E-state index contributed by atoms with van der Waals surface area (Å²) in [6.07, 6.45) is 0.837. The van der Waals surface area contributed by atoms with E-state index in [9.17, 15) is 9.59 Å². The fraction of sp³-hybridized carbons (Fsp3) is 0.467. The van der Waals surface area contributed by atoms with Crippen LogP contribution in [0.25, 0.3) is 0 Å². The Hall–Kier alpha value is -2.04. The van der Waals surface area contributed by atoms with Crippen LogP contribution in [0.3, 0.4) is 0 Å². The Morgan fingerprint density at radius 2 is 2.00 bits per heavy atom. The van der Waals surface area contributed by atoms with Gasteiger partial charge >= 0.3 is 5.97 Å². The van der Waals surface area contributed by atoms with Gasteiger partial charge in [-0.1, -0.05) is 18.2 Å². The lowest BCUT2D eigenvalue weighted by atomic mass is 10.2. The number of likely N-dealkylation sites (N-methyl/N-ethyl adjacent to an activating group) is 1. The van der Waals surface area contributed by atoms with Gasteiger partial charge < -0.3 is 14.7 Å². The number of benzene rings is 1. The molecule has 1 N–H and O–H groups in total. The predicted molar refractivity (Wildman–Crippen MR) is 75.8 cm³/mol. The Balaban J connectivity index is 2.33. The van der Waals surface area contributed by atoms with Crippen molar-refractivity contribution < 1.29 is 19.4 Å². The number of rotatable bonds is 7. The van der Waals surface area contributed by atoms with Gasteiger partial charge in [0.2, 0.25) is 5.91 Å². The van der Waals surface area contributed by atoms with E-state index in [2.05, 4.69) is 0 Å². The van der Waals surface area contributed by atoms with Crippen molar-refractivity contribution in [1.29, 1.82) is 0 Å². The van der Waals surface area contributed by atoms with E-state index in [-0.39, 0.29) is 12.3 Å². The summed E-state index contributed by atoms with van der Waals surface area (Å²) < 4.78 is 5.59. The topological polar surface area (TPSA) is 66.8 Å². The maximum Gasteiger partial charge on any atom is 0.326 e. The van der Waals surface area contributed by atoms with Gasteiger partial charge in [0.25, 0.3) is 0 Å². The van der Waals surface area contributed by atoms with Crippen LogP contribution < -0.4 is 4.74 Å². The number of ether oxygens (including phenoxy) is 1. The third-order valence-electron chi connectivity index (χ3n) is 3.22. The van der Waals surface area contributed by atoms with Gasteiger partial charge in [0.1, 0.15) is 11.8 Å². The van der Waals surface area contributed by atoms with Crippen molar-refractivity contribution in [3.05, 3.63) is 29.8 Å². The minimum atomic E-state index is -1.00. The summed E-state index contributed by atoms with van der Waals surface area (Å²) >= 11 is 0. The number of hydrogen-bond acceptors (Lipinski definition) is 3. The van der Waals surface area contributed by atoms with Crippen LogP contribution in [0.2, 0.25) is 0 Å². The van der Waals surface area contributed by atoms with Crippen LogP contribution in [-0.2, 0) is 9.59 Å². The summed E-state index contributed by atoms with van der Waals surface area (Å²) in [5, 5.41) is 8.83. The van der Waals surface area contributed by atoms with Crippen molar-refractivity contribution in [2.45, 2.75) is 32.7 Å². The van der Waals surface area contributed by atoms with Crippen molar-refractivity contribution in [2.75, 3.05) is 13.7 Å². The normalized spacial score (nSPS) is 11.8. The molecule has 5 heteroatoms. The van der Waals surface area contributed by atoms with Crippen LogP contribution in [0.4, 0.5) is 0 Å². The smallest absolute Gasteiger partial charge is 0.326 e. The molecule has 0 saturated heterocycles. The molecular formula is C15H21NO4. The first-order valence-corrected chi connectivity index (χ1v) is 6.60. The number of carboxylic acid groups (broad SMARTS) is 1. The van der Waals surface area contributed by atoms with Crippen LogP contribution in [0.1, 0.15) is 25.3 Å². The summed E-state index contributed by atoms with van der Waals surface area (Å²) in [5.74, 6) is -0.377. The fourth-order valence-electron chi connectivity index (χ4n) is 1.68. The standard InChI is InChI=1S/C15H21NO4/c1-11-7-4-5-8-13(11)20-10-6-9-14(17)16(3)12(2)15(18)19/h4-5,7-8,12H,6,9-10H2,1-3H3,(H,18,19). The lowest BCUT2D eigenvalue weighted by molar-refractivity contribution is -0.148. The monoisotopic (exact) mass is 279 g/mol. The number of carbonyl (C=O) groups is 2. The molecule has 0 aliphatic rings. The van der Waals surface area contributed by atoms with Crippen LogP contribution in [0.15, 0.2) is 24.3 Å². The summed E-state index contributed by atoms with van der Waals surface area (Å²) in [6, 6.07) is 6.88. The molecule has 1 aromatic carbocycles. The molecule has 0 aliphatic carbocycles. The molecular weight excluding hydrogens is 258 g/mol. The molecule has 0 spiro atoms. The Bertz CT molecular complexity index is 473. The van der Waals surface area contributed by atoms with Gasteiger partial charge in [-0.2, -0.15) is 0 Å². The molecule has 110 valence electrons. The van der Waals surface area contributed by atoms with E-state index in [1.807, 2.05) is 31.2 Å². The van der Waals surface area contributed by atoms with Gasteiger partial charge in [0.05, 0.1) is 6.61 Å². The molecule has 5 nitrogen and oxygen atoms in total. The van der Waals surface area contributed by atoms with Gasteiger partial charge in [-0.3, -0.25) is 4.79 Å². The molecule has 0 aromatic heterocycles. The highest BCUT2D eigenvalue weighted by atomic mass is 16.5. The summed E-state index contributed by atoms with van der Waals surface area (Å²) in [6.45, 7) is 3.89. The number of amides is 1. The van der Waals surface area contributed by atoms with Gasteiger partial charge in [0, 0.05) is 13.5 Å². The van der Waals surface area contributed by atoms with Crippen molar-refractivity contribution in [2.24, 2.45) is 0 Å². The number of carbonyl (C=O) groups excluding carboxylic acids is 1. The maximum absolute atomic E-state index is 11.8. The molecule has 1 aromatic rings. The van der Waals surface area contributed by atoms with Crippen molar-refractivity contribution in [1.82, 2.24) is 4.90 Å². The zero-order valence-electron chi connectivity index (χ0n) is 12.1. The summed E-state index contributed by atoms with van der Waals surface area (Å²) in [7, 11) is 1.50. The summed E-state index contributed by atoms with van der Waals surface area (Å²) in [4.78, 5) is 23.8. The average molecular weight is 279 g/mol. The molecule has 1 amide bonds. The molecule has 0 aliphatic heterocycles. The van der Waals surface area contributed by atoms with E-state index in [1.54, 1.807) is 0 Å². The Labute approximate surface area is 119 Å². The van der Waals surface area contributed by atoms with Gasteiger partial charge in [-0.05, 0) is 31.9 Å². The molecule has 0 saturated carbocycles. The van der Waals surface area contributed by atoms with Gasteiger partial charge in [0.15, 0.2) is 0 Å². The lowest BCUT2D eigenvalue weighted by Gasteiger charge is -2.21. The molecule has 1 atom stereocenters. The average Bonchev–Trinajstić information content (AvgIpc) is 2.43. The second-order valence-corrected chi connectivity index (χ2v) is 4.74. The van der Waals surface area contributed by atoms with E-state index in [0.717, 1.165) is 11.3 Å². The molecule has 1 unspecified atom stereocenters. The molecule has 0 radical (unpaired) electrons. The summed E-state index contributed by atoms with van der Waals surface area (Å²) in [5.41, 5.74) is 1.05. The van der Waals surface area contributed by atoms with Crippen molar-refractivity contribution in [3.8, 4) is 5.75 Å². The largest absolute Gasteiger partial charge is 0.493 e. The first-order chi connectivity index (χ1) is 9.43. The van der Waals surface area contributed by atoms with Gasteiger partial charge in [-0.25, -0.2) is 4.79 Å². The van der Waals surface area contributed by atoms with E-state index in [0.29, 0.717) is 13.0 Å². The first-order valence-electron chi connectivity index (χ1n) is 6.60. The Kier molecular flexibility index (Phi) is 6.03. The second kappa shape index (κ2) is 7.53. The Morgan fingerprint density at radius 1 is 1.35 bits per heavy atom. The van der Waals surface area contributed by atoms with Crippen LogP contribution >= 0.6 is 0 Å². The third-order valence-corrected chi connectivity index (χ3v) is 3.22. The molecule has 20 heavy (non-hydrogen) atoms. The molecule has 1 rings (SSSR count). The maximum atomic E-state index is 11.8. The van der Waals surface area contributed by atoms with Crippen LogP contribution in [-0.4, -0.2) is 41.6 Å². The van der Waals surface area contributed by atoms with Crippen LogP contribution in [0, 0.1) is 6.92 Å². The van der Waals surface area contributed by atoms with Crippen molar-refractivity contribution >= 4 is 11.9 Å². The molecule has 0 fully saturated rings. The minimum Gasteiger partial charge on any atom is -0.493 e.